The second-order valence-corrected chi connectivity index (χ2v) is 4.82. The number of alkyl halides is 1. The molecule has 0 aromatic heterocycles. The van der Waals surface area contributed by atoms with Crippen molar-refractivity contribution in [1.82, 2.24) is 0 Å². The molecule has 0 radical (unpaired) electrons. The minimum Gasteiger partial charge on any atom is -0.223 e. The zero-order valence-corrected chi connectivity index (χ0v) is 8.02. The van der Waals surface area contributed by atoms with Crippen LogP contribution in [0.25, 0.3) is 0 Å². The molecular weight excluding hydrogens is 216 g/mol. The highest BCUT2D eigenvalue weighted by Crippen LogP contribution is 1.97. The van der Waals surface area contributed by atoms with E-state index >= 15 is 0 Å². The van der Waals surface area contributed by atoms with E-state index in [1.165, 1.54) is 11.5 Å². The third-order valence-corrected chi connectivity index (χ3v) is 3.53. The summed E-state index contributed by atoms with van der Waals surface area (Å²) in [5.74, 6) is 0. The molecule has 0 spiro atoms. The van der Waals surface area contributed by atoms with Crippen LogP contribution in [0.15, 0.2) is 23.6 Å². The quantitative estimate of drug-likeness (QED) is 0.542. The Hall–Kier alpha value is -0.0900. The Morgan fingerprint density at radius 3 is 2.40 bits per heavy atom. The van der Waals surface area contributed by atoms with Gasteiger partial charge in [-0.15, -0.1) is 0 Å². The number of hydrogen-bond acceptors (Lipinski definition) is 2. The molecule has 0 fully saturated rings. The van der Waals surface area contributed by atoms with Gasteiger partial charge in [0, 0.05) is 5.41 Å². The summed E-state index contributed by atoms with van der Waals surface area (Å²) in [7, 11) is -3.01. The van der Waals surface area contributed by atoms with E-state index in [9.17, 15) is 8.42 Å². The SMILES string of the molecule is C/C=C/C=C/S(=O)(=O)CBr. The Morgan fingerprint density at radius 1 is 1.40 bits per heavy atom. The van der Waals surface area contributed by atoms with E-state index in [1.54, 1.807) is 12.2 Å². The average Bonchev–Trinajstić information content (AvgIpc) is 1.89. The van der Waals surface area contributed by atoms with Crippen LogP contribution in [0, 0.1) is 0 Å². The third-order valence-electron chi connectivity index (χ3n) is 0.742. The summed E-state index contributed by atoms with van der Waals surface area (Å²) in [5.41, 5.74) is 0. The molecule has 0 saturated carbocycles. The van der Waals surface area contributed by atoms with Gasteiger partial charge in [0.2, 0.25) is 0 Å². The molecule has 0 amide bonds. The number of rotatable bonds is 3. The highest BCUT2D eigenvalue weighted by Gasteiger charge is 1.98. The first-order chi connectivity index (χ1) is 4.62. The Bertz CT molecular complexity index is 226. The van der Waals surface area contributed by atoms with Crippen LogP contribution in [0.3, 0.4) is 0 Å². The first kappa shape index (κ1) is 9.91. The average molecular weight is 225 g/mol. The standard InChI is InChI=1S/C6H9BrO2S/c1-2-3-4-5-10(8,9)6-7/h2-5H,6H2,1H3/b3-2+,5-4+. The van der Waals surface area contributed by atoms with Gasteiger partial charge >= 0.3 is 0 Å². The van der Waals surface area contributed by atoms with Gasteiger partial charge in [-0.1, -0.05) is 34.2 Å². The molecule has 0 aliphatic heterocycles. The van der Waals surface area contributed by atoms with E-state index in [-0.39, 0.29) is 4.66 Å². The fourth-order valence-corrected chi connectivity index (χ4v) is 1.17. The van der Waals surface area contributed by atoms with Gasteiger partial charge in [-0.2, -0.15) is 0 Å². The number of sulfone groups is 1. The smallest absolute Gasteiger partial charge is 0.181 e. The zero-order valence-electron chi connectivity index (χ0n) is 5.62. The highest BCUT2D eigenvalue weighted by molar-refractivity contribution is 9.10. The number of hydrogen-bond donors (Lipinski definition) is 0. The van der Waals surface area contributed by atoms with E-state index < -0.39 is 9.84 Å². The zero-order chi connectivity index (χ0) is 8.04. The van der Waals surface area contributed by atoms with Gasteiger partial charge in [0.25, 0.3) is 0 Å². The molecule has 0 N–H and O–H groups in total. The summed E-state index contributed by atoms with van der Waals surface area (Å²) in [4.78, 5) is 0. The summed E-state index contributed by atoms with van der Waals surface area (Å²) in [5, 5.41) is 1.17. The predicted molar refractivity (Wildman–Crippen MR) is 46.7 cm³/mol. The highest BCUT2D eigenvalue weighted by atomic mass is 79.9. The topological polar surface area (TPSA) is 34.1 Å². The summed E-state index contributed by atoms with van der Waals surface area (Å²) in [6, 6.07) is 0. The van der Waals surface area contributed by atoms with Crippen molar-refractivity contribution in [2.75, 3.05) is 4.66 Å². The van der Waals surface area contributed by atoms with Crippen molar-refractivity contribution in [1.29, 1.82) is 0 Å². The molecule has 0 atom stereocenters. The molecule has 0 aromatic carbocycles. The first-order valence-electron chi connectivity index (χ1n) is 2.70. The van der Waals surface area contributed by atoms with Crippen LogP contribution >= 0.6 is 15.9 Å². The summed E-state index contributed by atoms with van der Waals surface area (Å²) in [6.07, 6.45) is 4.93. The lowest BCUT2D eigenvalue weighted by molar-refractivity contribution is 0.609. The van der Waals surface area contributed by atoms with Crippen LogP contribution in [0.5, 0.6) is 0 Å². The second kappa shape index (κ2) is 4.68. The largest absolute Gasteiger partial charge is 0.223 e. The van der Waals surface area contributed by atoms with Crippen LogP contribution in [0.1, 0.15) is 6.92 Å². The van der Waals surface area contributed by atoms with Crippen LogP contribution < -0.4 is 0 Å². The van der Waals surface area contributed by atoms with Crippen molar-refractivity contribution in [2.24, 2.45) is 0 Å². The summed E-state index contributed by atoms with van der Waals surface area (Å²) >= 11 is 2.86. The molecular formula is C6H9BrO2S. The predicted octanol–water partition coefficient (Wildman–Crippen LogP) is 1.84. The van der Waals surface area contributed by atoms with E-state index in [0.29, 0.717) is 0 Å². The van der Waals surface area contributed by atoms with Crippen LogP contribution in [0.4, 0.5) is 0 Å². The lowest BCUT2D eigenvalue weighted by Gasteiger charge is -1.85. The minimum absolute atomic E-state index is 0.0198. The van der Waals surface area contributed by atoms with Crippen LogP contribution in [-0.2, 0) is 9.84 Å². The van der Waals surface area contributed by atoms with Crippen LogP contribution in [0.2, 0.25) is 0 Å². The van der Waals surface area contributed by atoms with E-state index in [0.717, 1.165) is 0 Å². The van der Waals surface area contributed by atoms with Gasteiger partial charge in [0.05, 0.1) is 0 Å². The maximum atomic E-state index is 10.7. The van der Waals surface area contributed by atoms with Gasteiger partial charge in [0.1, 0.15) is 4.66 Å². The fourth-order valence-electron chi connectivity index (χ4n) is 0.313. The van der Waals surface area contributed by atoms with Crippen molar-refractivity contribution in [2.45, 2.75) is 6.92 Å². The molecule has 0 unspecified atom stereocenters. The molecule has 0 aliphatic rings. The first-order valence-corrected chi connectivity index (χ1v) is 5.54. The lowest BCUT2D eigenvalue weighted by atomic mass is 10.5. The Kier molecular flexibility index (Phi) is 4.64. The van der Waals surface area contributed by atoms with E-state index in [4.69, 9.17) is 0 Å². The Balaban J connectivity index is 4.15. The van der Waals surface area contributed by atoms with Crippen molar-refractivity contribution in [3.63, 3.8) is 0 Å². The minimum atomic E-state index is -3.01. The van der Waals surface area contributed by atoms with Gasteiger partial charge in [-0.25, -0.2) is 8.42 Å². The molecule has 0 rings (SSSR count). The Morgan fingerprint density at radius 2 is 2.00 bits per heavy atom. The van der Waals surface area contributed by atoms with E-state index in [1.807, 2.05) is 6.92 Å². The molecule has 0 aliphatic carbocycles. The molecule has 0 bridgehead atoms. The lowest BCUT2D eigenvalue weighted by Crippen LogP contribution is -1.93. The number of allylic oxidation sites excluding steroid dienone is 3. The second-order valence-electron chi connectivity index (χ2n) is 1.63. The van der Waals surface area contributed by atoms with Gasteiger partial charge in [-0.05, 0) is 6.92 Å². The normalized spacial score (nSPS) is 13.4. The van der Waals surface area contributed by atoms with Crippen molar-refractivity contribution in [3.05, 3.63) is 23.6 Å². The molecule has 58 valence electrons. The van der Waals surface area contributed by atoms with Crippen molar-refractivity contribution in [3.8, 4) is 0 Å². The van der Waals surface area contributed by atoms with E-state index in [2.05, 4.69) is 15.9 Å². The summed E-state index contributed by atoms with van der Waals surface area (Å²) in [6.45, 7) is 1.82. The number of halogens is 1. The van der Waals surface area contributed by atoms with Crippen molar-refractivity contribution >= 4 is 25.8 Å². The monoisotopic (exact) mass is 224 g/mol. The molecule has 2 nitrogen and oxygen atoms in total. The fraction of sp³-hybridized carbons (Fsp3) is 0.333. The van der Waals surface area contributed by atoms with Gasteiger partial charge in [0.15, 0.2) is 9.84 Å². The molecule has 0 aromatic rings. The van der Waals surface area contributed by atoms with Gasteiger partial charge < -0.3 is 0 Å². The van der Waals surface area contributed by atoms with Crippen molar-refractivity contribution < 1.29 is 8.42 Å². The third kappa shape index (κ3) is 4.76. The maximum absolute atomic E-state index is 10.7. The molecule has 10 heavy (non-hydrogen) atoms. The Labute approximate surface area is 69.7 Å². The maximum Gasteiger partial charge on any atom is 0.181 e. The summed E-state index contributed by atoms with van der Waals surface area (Å²) < 4.78 is 21.4. The molecule has 0 saturated heterocycles. The molecule has 0 heterocycles. The molecule has 4 heteroatoms. The van der Waals surface area contributed by atoms with Crippen LogP contribution in [-0.4, -0.2) is 13.1 Å². The van der Waals surface area contributed by atoms with Gasteiger partial charge in [-0.3, -0.25) is 0 Å².